The molecule has 0 bridgehead atoms. The van der Waals surface area contributed by atoms with Crippen LogP contribution < -0.4 is 11.1 Å². The molecular weight excluding hydrogens is 334 g/mol. The molecule has 0 radical (unpaired) electrons. The number of amides is 2. The number of hydrogen-bond donors (Lipinski definition) is 2. The molecule has 1 aromatic rings. The summed E-state index contributed by atoms with van der Waals surface area (Å²) in [7, 11) is 1.31. The van der Waals surface area contributed by atoms with Gasteiger partial charge in [0.1, 0.15) is 0 Å². The van der Waals surface area contributed by atoms with Crippen LogP contribution in [-0.4, -0.2) is 48.4 Å². The third-order valence-corrected chi connectivity index (χ3v) is 5.44. The number of carbonyl (C=O) groups excluding carboxylic acids is 3. The van der Waals surface area contributed by atoms with Gasteiger partial charge in [-0.25, -0.2) is 4.79 Å². The molecule has 1 saturated heterocycles. The van der Waals surface area contributed by atoms with Crippen LogP contribution in [0.5, 0.6) is 0 Å². The molecule has 2 amide bonds. The number of rotatable bonds is 5. The molecule has 7 nitrogen and oxygen atoms in total. The second-order valence-corrected chi connectivity index (χ2v) is 7.06. The van der Waals surface area contributed by atoms with Crippen molar-refractivity contribution >= 4 is 23.5 Å². The standard InChI is InChI=1S/C19H25N3O4/c1-26-19(25)13-6-4-7-14(9-13)21-17(23)11-22-15-8-3-2-5-12(15)10-16(22)18(20)24/h4,6-7,9,12,15-16H,2-3,5,8,10-11H2,1H3,(H2,20,24)(H,21,23)/t12-,15-,16+/m1/s1. The van der Waals surface area contributed by atoms with Crippen LogP contribution in [0.25, 0.3) is 0 Å². The van der Waals surface area contributed by atoms with Crippen LogP contribution in [0.15, 0.2) is 24.3 Å². The zero-order valence-corrected chi connectivity index (χ0v) is 14.9. The van der Waals surface area contributed by atoms with E-state index in [2.05, 4.69) is 5.32 Å². The summed E-state index contributed by atoms with van der Waals surface area (Å²) in [6.45, 7) is 0.122. The van der Waals surface area contributed by atoms with E-state index in [1.807, 2.05) is 4.90 Å². The normalized spacial score (nSPS) is 25.3. The van der Waals surface area contributed by atoms with Gasteiger partial charge >= 0.3 is 5.97 Å². The van der Waals surface area contributed by atoms with Gasteiger partial charge in [0.25, 0.3) is 0 Å². The highest BCUT2D eigenvalue weighted by Crippen LogP contribution is 2.39. The second-order valence-electron chi connectivity index (χ2n) is 7.06. The molecule has 3 atom stereocenters. The number of carbonyl (C=O) groups is 3. The van der Waals surface area contributed by atoms with Gasteiger partial charge < -0.3 is 15.8 Å². The second kappa shape index (κ2) is 7.86. The fourth-order valence-electron chi connectivity index (χ4n) is 4.27. The molecule has 1 aliphatic heterocycles. The predicted octanol–water partition coefficient (Wildman–Crippen LogP) is 1.53. The van der Waals surface area contributed by atoms with Gasteiger partial charge in [0, 0.05) is 11.7 Å². The first kappa shape index (κ1) is 18.4. The van der Waals surface area contributed by atoms with Gasteiger partial charge in [0.15, 0.2) is 0 Å². The van der Waals surface area contributed by atoms with Crippen LogP contribution in [-0.2, 0) is 14.3 Å². The number of benzene rings is 1. The maximum Gasteiger partial charge on any atom is 0.337 e. The largest absolute Gasteiger partial charge is 0.465 e. The summed E-state index contributed by atoms with van der Waals surface area (Å²) in [6, 6.07) is 6.45. The van der Waals surface area contributed by atoms with Crippen LogP contribution >= 0.6 is 0 Å². The lowest BCUT2D eigenvalue weighted by atomic mass is 9.84. The Kier molecular flexibility index (Phi) is 5.56. The summed E-state index contributed by atoms with van der Waals surface area (Å²) in [6.07, 6.45) is 5.12. The van der Waals surface area contributed by atoms with E-state index in [0.717, 1.165) is 25.7 Å². The average molecular weight is 359 g/mol. The number of likely N-dealkylation sites (tertiary alicyclic amines) is 1. The van der Waals surface area contributed by atoms with E-state index in [1.165, 1.54) is 13.5 Å². The summed E-state index contributed by atoms with van der Waals surface area (Å²) < 4.78 is 4.69. The molecule has 2 aliphatic rings. The molecule has 3 rings (SSSR count). The Bertz CT molecular complexity index is 706. The Labute approximate surface area is 152 Å². The molecule has 0 unspecified atom stereocenters. The predicted molar refractivity (Wildman–Crippen MR) is 96.5 cm³/mol. The number of fused-ring (bicyclic) bond motifs is 1. The van der Waals surface area contributed by atoms with Crippen molar-refractivity contribution in [2.75, 3.05) is 19.0 Å². The third-order valence-electron chi connectivity index (χ3n) is 5.44. The Morgan fingerprint density at radius 2 is 2.04 bits per heavy atom. The van der Waals surface area contributed by atoms with E-state index in [0.29, 0.717) is 17.2 Å². The topological polar surface area (TPSA) is 102 Å². The Morgan fingerprint density at radius 3 is 2.77 bits per heavy atom. The Hall–Kier alpha value is -2.41. The number of primary amides is 1. The molecule has 1 heterocycles. The van der Waals surface area contributed by atoms with Gasteiger partial charge in [0.2, 0.25) is 11.8 Å². The lowest BCUT2D eigenvalue weighted by Crippen LogP contribution is -2.48. The molecule has 140 valence electrons. The number of hydrogen-bond acceptors (Lipinski definition) is 5. The fraction of sp³-hybridized carbons (Fsp3) is 0.526. The molecule has 26 heavy (non-hydrogen) atoms. The SMILES string of the molecule is COC(=O)c1cccc(NC(=O)CN2[C@@H]3CCCC[C@@H]3C[C@H]2C(N)=O)c1. The molecule has 7 heteroatoms. The van der Waals surface area contributed by atoms with Crippen LogP contribution in [0.2, 0.25) is 0 Å². The summed E-state index contributed by atoms with van der Waals surface area (Å²) >= 11 is 0. The highest BCUT2D eigenvalue weighted by Gasteiger charge is 2.44. The summed E-state index contributed by atoms with van der Waals surface area (Å²) in [5, 5.41) is 2.80. The third kappa shape index (κ3) is 3.88. The molecule has 0 aromatic heterocycles. The number of nitrogens with one attached hydrogen (secondary N) is 1. The first-order valence-electron chi connectivity index (χ1n) is 9.03. The molecule has 1 aliphatic carbocycles. The maximum atomic E-state index is 12.5. The number of nitrogens with zero attached hydrogens (tertiary/aromatic N) is 1. The maximum absolute atomic E-state index is 12.5. The average Bonchev–Trinajstić information content (AvgIpc) is 3.00. The highest BCUT2D eigenvalue weighted by molar-refractivity contribution is 5.95. The van der Waals surface area contributed by atoms with E-state index < -0.39 is 5.97 Å². The van der Waals surface area contributed by atoms with Crippen molar-refractivity contribution in [1.82, 2.24) is 4.90 Å². The lowest BCUT2D eigenvalue weighted by Gasteiger charge is -2.32. The van der Waals surface area contributed by atoms with Gasteiger partial charge in [0.05, 0.1) is 25.3 Å². The van der Waals surface area contributed by atoms with E-state index in [9.17, 15) is 14.4 Å². The van der Waals surface area contributed by atoms with Crippen molar-refractivity contribution in [3.8, 4) is 0 Å². The van der Waals surface area contributed by atoms with Crippen molar-refractivity contribution in [3.63, 3.8) is 0 Å². The minimum atomic E-state index is -0.459. The van der Waals surface area contributed by atoms with Gasteiger partial charge in [-0.3, -0.25) is 14.5 Å². The molecule has 1 aromatic carbocycles. The Morgan fingerprint density at radius 1 is 1.27 bits per heavy atom. The summed E-state index contributed by atoms with van der Waals surface area (Å²) in [4.78, 5) is 38.0. The summed E-state index contributed by atoms with van der Waals surface area (Å²) in [5.74, 6) is -0.597. The van der Waals surface area contributed by atoms with Crippen LogP contribution in [0.3, 0.4) is 0 Å². The number of ether oxygens (including phenoxy) is 1. The number of nitrogens with two attached hydrogens (primary N) is 1. The number of methoxy groups -OCH3 is 1. The molecule has 2 fully saturated rings. The van der Waals surface area contributed by atoms with Gasteiger partial charge in [-0.2, -0.15) is 0 Å². The van der Waals surface area contributed by atoms with Crippen LogP contribution in [0.1, 0.15) is 42.5 Å². The van der Waals surface area contributed by atoms with Crippen LogP contribution in [0.4, 0.5) is 5.69 Å². The zero-order chi connectivity index (χ0) is 18.7. The quantitative estimate of drug-likeness (QED) is 0.776. The Balaban J connectivity index is 1.68. The first-order chi connectivity index (χ1) is 12.5. The van der Waals surface area contributed by atoms with E-state index in [-0.39, 0.29) is 30.4 Å². The first-order valence-corrected chi connectivity index (χ1v) is 9.03. The van der Waals surface area contributed by atoms with Gasteiger partial charge in [-0.15, -0.1) is 0 Å². The molecule has 0 spiro atoms. The molecule has 3 N–H and O–H groups in total. The van der Waals surface area contributed by atoms with Crippen molar-refractivity contribution in [2.24, 2.45) is 11.7 Å². The van der Waals surface area contributed by atoms with E-state index >= 15 is 0 Å². The van der Waals surface area contributed by atoms with Gasteiger partial charge in [-0.1, -0.05) is 18.9 Å². The minimum Gasteiger partial charge on any atom is -0.465 e. The zero-order valence-electron chi connectivity index (χ0n) is 14.9. The van der Waals surface area contributed by atoms with Crippen LogP contribution in [0, 0.1) is 5.92 Å². The lowest BCUT2D eigenvalue weighted by molar-refractivity contribution is -0.124. The number of anilines is 1. The van der Waals surface area contributed by atoms with Gasteiger partial charge in [-0.05, 0) is 43.4 Å². The molecular formula is C19H25N3O4. The summed E-state index contributed by atoms with van der Waals surface area (Å²) in [5.41, 5.74) is 6.47. The van der Waals surface area contributed by atoms with Crippen molar-refractivity contribution in [1.29, 1.82) is 0 Å². The van der Waals surface area contributed by atoms with Crippen molar-refractivity contribution in [3.05, 3.63) is 29.8 Å². The smallest absolute Gasteiger partial charge is 0.337 e. The monoisotopic (exact) mass is 359 g/mol. The highest BCUT2D eigenvalue weighted by atomic mass is 16.5. The van der Waals surface area contributed by atoms with E-state index in [1.54, 1.807) is 24.3 Å². The fourth-order valence-corrected chi connectivity index (χ4v) is 4.27. The minimum absolute atomic E-state index is 0.122. The number of esters is 1. The molecule has 1 saturated carbocycles. The van der Waals surface area contributed by atoms with Crippen molar-refractivity contribution < 1.29 is 19.1 Å². The van der Waals surface area contributed by atoms with Crippen molar-refractivity contribution in [2.45, 2.75) is 44.2 Å². The van der Waals surface area contributed by atoms with E-state index in [4.69, 9.17) is 10.5 Å².